The summed E-state index contributed by atoms with van der Waals surface area (Å²) in [4.78, 5) is 3.90. The van der Waals surface area contributed by atoms with E-state index in [1.54, 1.807) is 4.68 Å². The molecule has 0 saturated heterocycles. The van der Waals surface area contributed by atoms with Gasteiger partial charge in [0.05, 0.1) is 5.69 Å². The molecular weight excluding hydrogens is 214 g/mol. The summed E-state index contributed by atoms with van der Waals surface area (Å²) in [7, 11) is 0. The summed E-state index contributed by atoms with van der Waals surface area (Å²) in [5.74, 6) is 0.467. The summed E-state index contributed by atoms with van der Waals surface area (Å²) in [6.45, 7) is 0. The van der Waals surface area contributed by atoms with Crippen LogP contribution in [0.25, 0.3) is 16.5 Å². The van der Waals surface area contributed by atoms with Gasteiger partial charge in [-0.1, -0.05) is 36.4 Å². The molecule has 0 atom stereocenters. The van der Waals surface area contributed by atoms with Crippen LogP contribution in [0.15, 0.2) is 42.5 Å². The van der Waals surface area contributed by atoms with E-state index in [0.29, 0.717) is 5.95 Å². The number of anilines is 2. The molecule has 0 aliphatic carbocycles. The van der Waals surface area contributed by atoms with Crippen molar-refractivity contribution in [2.75, 3.05) is 11.5 Å². The van der Waals surface area contributed by atoms with Crippen molar-refractivity contribution >= 4 is 22.7 Å². The molecule has 0 aliphatic rings. The van der Waals surface area contributed by atoms with Gasteiger partial charge in [0.15, 0.2) is 0 Å². The highest BCUT2D eigenvalue weighted by atomic mass is 15.4. The van der Waals surface area contributed by atoms with Crippen molar-refractivity contribution in [2.45, 2.75) is 0 Å². The SMILES string of the molecule is Nc1nc(N)n(-c2cccc3ccccc23)n1. The van der Waals surface area contributed by atoms with Crippen molar-refractivity contribution < 1.29 is 0 Å². The van der Waals surface area contributed by atoms with Gasteiger partial charge in [-0.15, -0.1) is 5.10 Å². The Hall–Kier alpha value is -2.56. The molecule has 1 heterocycles. The number of nitrogens with zero attached hydrogens (tertiary/aromatic N) is 3. The van der Waals surface area contributed by atoms with Crippen molar-refractivity contribution in [1.82, 2.24) is 14.8 Å². The van der Waals surface area contributed by atoms with Gasteiger partial charge in [-0.25, -0.2) is 0 Å². The third kappa shape index (κ3) is 1.48. The van der Waals surface area contributed by atoms with Gasteiger partial charge in [-0.2, -0.15) is 9.67 Å². The predicted molar refractivity (Wildman–Crippen MR) is 67.7 cm³/mol. The minimum Gasteiger partial charge on any atom is -0.368 e. The lowest BCUT2D eigenvalue weighted by atomic mass is 10.1. The summed E-state index contributed by atoms with van der Waals surface area (Å²) in [6.07, 6.45) is 0. The van der Waals surface area contributed by atoms with E-state index >= 15 is 0 Å². The number of rotatable bonds is 1. The molecule has 3 rings (SSSR count). The number of hydrogen-bond donors (Lipinski definition) is 2. The van der Waals surface area contributed by atoms with Gasteiger partial charge >= 0.3 is 0 Å². The van der Waals surface area contributed by atoms with E-state index in [0.717, 1.165) is 16.5 Å². The third-order valence-electron chi connectivity index (χ3n) is 2.64. The zero-order valence-corrected chi connectivity index (χ0v) is 9.04. The molecular formula is C12H11N5. The first-order valence-electron chi connectivity index (χ1n) is 5.22. The maximum Gasteiger partial charge on any atom is 0.241 e. The second kappa shape index (κ2) is 3.48. The summed E-state index contributed by atoms with van der Waals surface area (Å²) in [5.41, 5.74) is 12.2. The monoisotopic (exact) mass is 225 g/mol. The highest BCUT2D eigenvalue weighted by Crippen LogP contribution is 2.23. The number of aromatic nitrogens is 3. The van der Waals surface area contributed by atoms with Crippen molar-refractivity contribution in [3.63, 3.8) is 0 Å². The smallest absolute Gasteiger partial charge is 0.241 e. The van der Waals surface area contributed by atoms with E-state index in [1.807, 2.05) is 42.5 Å². The van der Waals surface area contributed by atoms with E-state index in [4.69, 9.17) is 11.5 Å². The molecule has 3 aromatic rings. The molecule has 0 bridgehead atoms. The number of benzene rings is 2. The van der Waals surface area contributed by atoms with Crippen LogP contribution >= 0.6 is 0 Å². The van der Waals surface area contributed by atoms with Crippen molar-refractivity contribution in [3.05, 3.63) is 42.5 Å². The lowest BCUT2D eigenvalue weighted by Crippen LogP contribution is -2.03. The van der Waals surface area contributed by atoms with Crippen LogP contribution in [0.3, 0.4) is 0 Å². The Bertz CT molecular complexity index is 681. The molecule has 0 spiro atoms. The van der Waals surface area contributed by atoms with Crippen LogP contribution in [0.1, 0.15) is 0 Å². The second-order valence-corrected chi connectivity index (χ2v) is 3.74. The average molecular weight is 225 g/mol. The molecule has 0 fully saturated rings. The normalized spacial score (nSPS) is 10.8. The molecule has 0 aliphatic heterocycles. The Morgan fingerprint density at radius 1 is 0.941 bits per heavy atom. The van der Waals surface area contributed by atoms with E-state index in [9.17, 15) is 0 Å². The van der Waals surface area contributed by atoms with E-state index in [2.05, 4.69) is 10.1 Å². The molecule has 4 N–H and O–H groups in total. The van der Waals surface area contributed by atoms with Gasteiger partial charge in [0.2, 0.25) is 11.9 Å². The quantitative estimate of drug-likeness (QED) is 0.658. The Balaban J connectivity index is 2.34. The molecule has 84 valence electrons. The summed E-state index contributed by atoms with van der Waals surface area (Å²) >= 11 is 0. The van der Waals surface area contributed by atoms with Crippen molar-refractivity contribution in [1.29, 1.82) is 0 Å². The van der Waals surface area contributed by atoms with Crippen LogP contribution in [-0.4, -0.2) is 14.8 Å². The minimum atomic E-state index is 0.176. The zero-order chi connectivity index (χ0) is 11.8. The van der Waals surface area contributed by atoms with Crippen LogP contribution in [0.2, 0.25) is 0 Å². The first-order chi connectivity index (χ1) is 8.25. The fourth-order valence-corrected chi connectivity index (χ4v) is 1.91. The van der Waals surface area contributed by atoms with Crippen molar-refractivity contribution in [2.24, 2.45) is 0 Å². The van der Waals surface area contributed by atoms with Crippen LogP contribution in [0.4, 0.5) is 11.9 Å². The molecule has 0 radical (unpaired) electrons. The first kappa shape index (κ1) is 9.65. The zero-order valence-electron chi connectivity index (χ0n) is 9.04. The topological polar surface area (TPSA) is 82.7 Å². The van der Waals surface area contributed by atoms with Gasteiger partial charge in [0.1, 0.15) is 0 Å². The molecule has 0 unspecified atom stereocenters. The minimum absolute atomic E-state index is 0.176. The number of nitrogen functional groups attached to an aromatic ring is 2. The standard InChI is InChI=1S/C12H11N5/c13-11-15-12(14)17(16-11)10-7-3-5-8-4-1-2-6-9(8)10/h1-7H,(H4,13,14,15,16). The summed E-state index contributed by atoms with van der Waals surface area (Å²) < 4.78 is 1.55. The fraction of sp³-hybridized carbons (Fsp3) is 0. The van der Waals surface area contributed by atoms with Gasteiger partial charge in [0.25, 0.3) is 0 Å². The van der Waals surface area contributed by atoms with Crippen LogP contribution in [0, 0.1) is 0 Å². The molecule has 17 heavy (non-hydrogen) atoms. The Morgan fingerprint density at radius 2 is 1.71 bits per heavy atom. The fourth-order valence-electron chi connectivity index (χ4n) is 1.91. The van der Waals surface area contributed by atoms with Gasteiger partial charge < -0.3 is 11.5 Å². The van der Waals surface area contributed by atoms with E-state index in [-0.39, 0.29) is 5.95 Å². The van der Waals surface area contributed by atoms with Crippen LogP contribution in [-0.2, 0) is 0 Å². The largest absolute Gasteiger partial charge is 0.368 e. The summed E-state index contributed by atoms with van der Waals surface area (Å²) in [5, 5.41) is 6.27. The van der Waals surface area contributed by atoms with Crippen LogP contribution < -0.4 is 11.5 Å². The molecule has 0 saturated carbocycles. The first-order valence-corrected chi connectivity index (χ1v) is 5.22. The Morgan fingerprint density at radius 3 is 2.47 bits per heavy atom. The van der Waals surface area contributed by atoms with Gasteiger partial charge in [-0.3, -0.25) is 0 Å². The highest BCUT2D eigenvalue weighted by molar-refractivity contribution is 5.90. The Kier molecular flexibility index (Phi) is 1.98. The highest BCUT2D eigenvalue weighted by Gasteiger charge is 2.08. The lowest BCUT2D eigenvalue weighted by Gasteiger charge is -2.06. The van der Waals surface area contributed by atoms with E-state index < -0.39 is 0 Å². The summed E-state index contributed by atoms with van der Waals surface area (Å²) in [6, 6.07) is 13.9. The maximum absolute atomic E-state index is 5.77. The van der Waals surface area contributed by atoms with E-state index in [1.165, 1.54) is 0 Å². The van der Waals surface area contributed by atoms with Gasteiger partial charge in [0, 0.05) is 5.39 Å². The number of nitrogens with two attached hydrogens (primary N) is 2. The lowest BCUT2D eigenvalue weighted by molar-refractivity contribution is 0.903. The van der Waals surface area contributed by atoms with Gasteiger partial charge in [-0.05, 0) is 11.5 Å². The Labute approximate surface area is 97.7 Å². The average Bonchev–Trinajstić information content (AvgIpc) is 2.68. The third-order valence-corrected chi connectivity index (χ3v) is 2.64. The van der Waals surface area contributed by atoms with Crippen molar-refractivity contribution in [3.8, 4) is 5.69 Å². The maximum atomic E-state index is 5.77. The van der Waals surface area contributed by atoms with Crippen LogP contribution in [0.5, 0.6) is 0 Å². The number of fused-ring (bicyclic) bond motifs is 1. The molecule has 5 heteroatoms. The number of hydrogen-bond acceptors (Lipinski definition) is 4. The molecule has 2 aromatic carbocycles. The predicted octanol–water partition coefficient (Wildman–Crippen LogP) is 1.58. The molecule has 0 amide bonds. The molecule has 1 aromatic heterocycles. The molecule has 5 nitrogen and oxygen atoms in total. The second-order valence-electron chi connectivity index (χ2n) is 3.74.